The number of benzene rings is 2. The summed E-state index contributed by atoms with van der Waals surface area (Å²) in [7, 11) is 3.16. The highest BCUT2D eigenvalue weighted by Gasteiger charge is 2.16. The van der Waals surface area contributed by atoms with Gasteiger partial charge in [-0.1, -0.05) is 12.1 Å². The zero-order chi connectivity index (χ0) is 22.1. The molecule has 8 heteroatoms. The molecule has 0 atom stereocenters. The van der Waals surface area contributed by atoms with E-state index in [1.807, 2.05) is 51.1 Å². The van der Waals surface area contributed by atoms with Gasteiger partial charge in [-0.05, 0) is 57.0 Å². The van der Waals surface area contributed by atoms with Gasteiger partial charge in [0.2, 0.25) is 0 Å². The number of anilines is 2. The molecule has 162 valence electrons. The summed E-state index contributed by atoms with van der Waals surface area (Å²) < 4.78 is 15.7. The summed E-state index contributed by atoms with van der Waals surface area (Å²) in [5, 5.41) is 5.74. The van der Waals surface area contributed by atoms with Gasteiger partial charge < -0.3 is 25.3 Å². The van der Waals surface area contributed by atoms with Crippen LogP contribution in [0.5, 0.6) is 11.5 Å². The Morgan fingerprint density at radius 2 is 1.60 bits per heavy atom. The molecule has 0 saturated carbocycles. The third kappa shape index (κ3) is 7.54. The SMILES string of the molecule is COc1ccc(NC(N)=NCCc2ccc(NC(=O)OC(C)(C)C)cc2)cc1OC. The number of aliphatic imine (C=N–C) groups is 1. The molecule has 0 aliphatic heterocycles. The van der Waals surface area contributed by atoms with Crippen LogP contribution in [0.2, 0.25) is 0 Å². The number of carbonyl (C=O) groups excluding carboxylic acids is 1. The molecular formula is C22H30N4O4. The summed E-state index contributed by atoms with van der Waals surface area (Å²) in [4.78, 5) is 16.1. The predicted octanol–water partition coefficient (Wildman–Crippen LogP) is 4.02. The van der Waals surface area contributed by atoms with E-state index in [-0.39, 0.29) is 0 Å². The average Bonchev–Trinajstić information content (AvgIpc) is 2.67. The van der Waals surface area contributed by atoms with Crippen molar-refractivity contribution in [1.29, 1.82) is 0 Å². The van der Waals surface area contributed by atoms with Gasteiger partial charge >= 0.3 is 6.09 Å². The number of nitrogens with zero attached hydrogens (tertiary/aromatic N) is 1. The summed E-state index contributed by atoms with van der Waals surface area (Å²) >= 11 is 0. The quantitative estimate of drug-likeness (QED) is 0.467. The van der Waals surface area contributed by atoms with Crippen LogP contribution in [0.1, 0.15) is 26.3 Å². The number of ether oxygens (including phenoxy) is 3. The molecule has 0 bridgehead atoms. The fraction of sp³-hybridized carbons (Fsp3) is 0.364. The van der Waals surface area contributed by atoms with Crippen LogP contribution in [-0.4, -0.2) is 38.4 Å². The lowest BCUT2D eigenvalue weighted by Gasteiger charge is -2.19. The van der Waals surface area contributed by atoms with Crippen molar-refractivity contribution in [1.82, 2.24) is 0 Å². The van der Waals surface area contributed by atoms with E-state index in [4.69, 9.17) is 19.9 Å². The third-order valence-electron chi connectivity index (χ3n) is 3.94. The van der Waals surface area contributed by atoms with Crippen molar-refractivity contribution < 1.29 is 19.0 Å². The zero-order valence-electron chi connectivity index (χ0n) is 18.1. The van der Waals surface area contributed by atoms with Crippen LogP contribution in [0.3, 0.4) is 0 Å². The lowest BCUT2D eigenvalue weighted by Crippen LogP contribution is -2.27. The highest BCUT2D eigenvalue weighted by atomic mass is 16.6. The highest BCUT2D eigenvalue weighted by Crippen LogP contribution is 2.29. The van der Waals surface area contributed by atoms with Gasteiger partial charge in [-0.25, -0.2) is 4.79 Å². The van der Waals surface area contributed by atoms with Crippen LogP contribution in [0.25, 0.3) is 0 Å². The maximum Gasteiger partial charge on any atom is 0.412 e. The molecule has 0 unspecified atom stereocenters. The normalized spacial score (nSPS) is 11.6. The first-order chi connectivity index (χ1) is 14.2. The number of nitrogens with one attached hydrogen (secondary N) is 2. The van der Waals surface area contributed by atoms with Crippen molar-refractivity contribution in [2.45, 2.75) is 32.8 Å². The molecule has 2 aromatic carbocycles. The molecule has 0 saturated heterocycles. The number of amides is 1. The maximum atomic E-state index is 11.8. The van der Waals surface area contributed by atoms with Gasteiger partial charge in [0, 0.05) is 24.0 Å². The number of methoxy groups -OCH3 is 2. The van der Waals surface area contributed by atoms with Crippen LogP contribution in [-0.2, 0) is 11.2 Å². The van der Waals surface area contributed by atoms with Gasteiger partial charge in [-0.15, -0.1) is 0 Å². The Hall–Kier alpha value is -3.42. The van der Waals surface area contributed by atoms with Crippen molar-refractivity contribution in [2.75, 3.05) is 31.4 Å². The molecule has 4 N–H and O–H groups in total. The molecular weight excluding hydrogens is 384 g/mol. The zero-order valence-corrected chi connectivity index (χ0v) is 18.1. The number of nitrogens with two attached hydrogens (primary N) is 1. The molecule has 0 aromatic heterocycles. The van der Waals surface area contributed by atoms with Crippen molar-refractivity contribution in [3.8, 4) is 11.5 Å². The number of rotatable bonds is 7. The Morgan fingerprint density at radius 1 is 0.967 bits per heavy atom. The molecule has 0 aliphatic carbocycles. The first kappa shape index (κ1) is 22.9. The first-order valence-electron chi connectivity index (χ1n) is 9.58. The Labute approximate surface area is 177 Å². The number of guanidine groups is 1. The van der Waals surface area contributed by atoms with Crippen molar-refractivity contribution in [3.05, 3.63) is 48.0 Å². The van der Waals surface area contributed by atoms with E-state index in [1.54, 1.807) is 26.4 Å². The minimum atomic E-state index is -0.535. The largest absolute Gasteiger partial charge is 0.493 e. The predicted molar refractivity (Wildman–Crippen MR) is 120 cm³/mol. The second-order valence-corrected chi connectivity index (χ2v) is 7.54. The summed E-state index contributed by atoms with van der Waals surface area (Å²) in [6.45, 7) is 5.98. The summed E-state index contributed by atoms with van der Waals surface area (Å²) in [6, 6.07) is 12.9. The minimum absolute atomic E-state index is 0.311. The second kappa shape index (κ2) is 10.4. The van der Waals surface area contributed by atoms with Gasteiger partial charge in [-0.2, -0.15) is 0 Å². The molecule has 0 radical (unpaired) electrons. The molecule has 2 aromatic rings. The molecule has 2 rings (SSSR count). The molecule has 0 heterocycles. The van der Waals surface area contributed by atoms with Crippen LogP contribution in [0.4, 0.5) is 16.2 Å². The average molecular weight is 415 g/mol. The van der Waals surface area contributed by atoms with Crippen LogP contribution < -0.4 is 25.8 Å². The standard InChI is InChI=1S/C22H30N4O4/c1-22(2,3)30-21(27)26-16-8-6-15(7-9-16)12-13-24-20(23)25-17-10-11-18(28-4)19(14-17)29-5/h6-11,14H,12-13H2,1-5H3,(H,26,27)(H3,23,24,25). The van der Waals surface area contributed by atoms with Crippen molar-refractivity contribution in [3.63, 3.8) is 0 Å². The second-order valence-electron chi connectivity index (χ2n) is 7.54. The molecule has 0 aliphatic rings. The van der Waals surface area contributed by atoms with E-state index in [1.165, 1.54) is 0 Å². The Bertz CT molecular complexity index is 874. The summed E-state index contributed by atoms with van der Waals surface area (Å²) in [5.41, 5.74) is 7.94. The Balaban J connectivity index is 1.85. The molecule has 1 amide bonds. The Morgan fingerprint density at radius 3 is 2.20 bits per heavy atom. The first-order valence-corrected chi connectivity index (χ1v) is 9.58. The topological polar surface area (TPSA) is 107 Å². The van der Waals surface area contributed by atoms with Gasteiger partial charge in [0.1, 0.15) is 5.60 Å². The minimum Gasteiger partial charge on any atom is -0.493 e. The van der Waals surface area contributed by atoms with E-state index in [2.05, 4.69) is 15.6 Å². The van der Waals surface area contributed by atoms with Crippen molar-refractivity contribution >= 4 is 23.4 Å². The monoisotopic (exact) mass is 414 g/mol. The van der Waals surface area contributed by atoms with Crippen LogP contribution in [0.15, 0.2) is 47.5 Å². The van der Waals surface area contributed by atoms with E-state index in [9.17, 15) is 4.79 Å². The number of hydrogen-bond donors (Lipinski definition) is 3. The fourth-order valence-corrected chi connectivity index (χ4v) is 2.58. The van der Waals surface area contributed by atoms with E-state index in [0.29, 0.717) is 36.1 Å². The van der Waals surface area contributed by atoms with Gasteiger partial charge in [0.05, 0.1) is 14.2 Å². The van der Waals surface area contributed by atoms with Crippen LogP contribution in [0, 0.1) is 0 Å². The van der Waals surface area contributed by atoms with E-state index >= 15 is 0 Å². The third-order valence-corrected chi connectivity index (χ3v) is 3.94. The van der Waals surface area contributed by atoms with E-state index < -0.39 is 11.7 Å². The van der Waals surface area contributed by atoms with Crippen LogP contribution >= 0.6 is 0 Å². The maximum absolute atomic E-state index is 11.8. The van der Waals surface area contributed by atoms with E-state index in [0.717, 1.165) is 11.3 Å². The Kier molecular flexibility index (Phi) is 7.91. The fourth-order valence-electron chi connectivity index (χ4n) is 2.58. The number of hydrogen-bond acceptors (Lipinski definition) is 5. The number of carbonyl (C=O) groups is 1. The van der Waals surface area contributed by atoms with Crippen molar-refractivity contribution in [2.24, 2.45) is 10.7 Å². The summed E-state index contributed by atoms with van der Waals surface area (Å²) in [6.07, 6.45) is 0.231. The summed E-state index contributed by atoms with van der Waals surface area (Å²) in [5.74, 6) is 1.56. The molecule has 0 fully saturated rings. The smallest absolute Gasteiger partial charge is 0.412 e. The highest BCUT2D eigenvalue weighted by molar-refractivity contribution is 5.92. The molecule has 0 spiro atoms. The van der Waals surface area contributed by atoms with Gasteiger partial charge in [0.15, 0.2) is 17.5 Å². The van der Waals surface area contributed by atoms with Gasteiger partial charge in [-0.3, -0.25) is 10.3 Å². The van der Waals surface area contributed by atoms with Gasteiger partial charge in [0.25, 0.3) is 0 Å². The molecule has 30 heavy (non-hydrogen) atoms. The lowest BCUT2D eigenvalue weighted by molar-refractivity contribution is 0.0636. The molecule has 8 nitrogen and oxygen atoms in total. The lowest BCUT2D eigenvalue weighted by atomic mass is 10.1.